The van der Waals surface area contributed by atoms with Crippen LogP contribution in [0.4, 0.5) is 0 Å². The molecule has 0 bridgehead atoms. The van der Waals surface area contributed by atoms with Crippen LogP contribution in [0.15, 0.2) is 0 Å². The van der Waals surface area contributed by atoms with E-state index in [-0.39, 0.29) is 18.2 Å². The number of hydrogen-bond acceptors (Lipinski definition) is 3. The van der Waals surface area contributed by atoms with Gasteiger partial charge in [0.1, 0.15) is 0 Å². The van der Waals surface area contributed by atoms with E-state index in [4.69, 9.17) is 5.11 Å². The second kappa shape index (κ2) is 7.56. The minimum Gasteiger partial charge on any atom is -0.481 e. The Morgan fingerprint density at radius 1 is 1.40 bits per heavy atom. The van der Waals surface area contributed by atoms with Crippen LogP contribution < -0.4 is 0 Å². The van der Waals surface area contributed by atoms with E-state index < -0.39 is 5.97 Å². The molecule has 0 aromatic heterocycles. The van der Waals surface area contributed by atoms with Crippen molar-refractivity contribution in [3.63, 3.8) is 0 Å². The third-order valence-electron chi connectivity index (χ3n) is 2.10. The normalized spacial score (nSPS) is 12.2. The lowest BCUT2D eigenvalue weighted by Crippen LogP contribution is -2.30. The average molecular weight is 233 g/mol. The zero-order valence-electron chi connectivity index (χ0n) is 9.52. The first-order valence-electron chi connectivity index (χ1n) is 4.92. The molecule has 1 N–H and O–H groups in total. The Hall–Kier alpha value is -0.710. The lowest BCUT2D eigenvalue weighted by Gasteiger charge is -2.18. The van der Waals surface area contributed by atoms with Gasteiger partial charge in [0.15, 0.2) is 0 Å². The van der Waals surface area contributed by atoms with Crippen molar-refractivity contribution in [2.75, 3.05) is 25.6 Å². The van der Waals surface area contributed by atoms with Gasteiger partial charge in [0, 0.05) is 32.2 Å². The number of hydrogen-bond donors (Lipinski definition) is 1. The molecule has 0 aromatic rings. The minimum atomic E-state index is -0.845. The first-order valence-corrected chi connectivity index (χ1v) is 6.31. The summed E-state index contributed by atoms with van der Waals surface area (Å²) in [6.45, 7) is 2.51. The summed E-state index contributed by atoms with van der Waals surface area (Å²) >= 11 is 1.69. The largest absolute Gasteiger partial charge is 0.481 e. The maximum absolute atomic E-state index is 11.6. The fourth-order valence-corrected chi connectivity index (χ4v) is 1.63. The summed E-state index contributed by atoms with van der Waals surface area (Å²) in [5.41, 5.74) is 0. The highest BCUT2D eigenvalue weighted by molar-refractivity contribution is 7.98. The van der Waals surface area contributed by atoms with E-state index in [1.165, 1.54) is 0 Å². The smallest absolute Gasteiger partial charge is 0.303 e. The Labute approximate surface area is 95.0 Å². The number of carbonyl (C=O) groups is 2. The predicted octanol–water partition coefficient (Wildman–Crippen LogP) is 1.31. The van der Waals surface area contributed by atoms with Gasteiger partial charge < -0.3 is 10.0 Å². The van der Waals surface area contributed by atoms with Gasteiger partial charge in [0.2, 0.25) is 5.91 Å². The van der Waals surface area contributed by atoms with Gasteiger partial charge >= 0.3 is 5.97 Å². The van der Waals surface area contributed by atoms with Gasteiger partial charge in [-0.05, 0) is 12.2 Å². The zero-order valence-corrected chi connectivity index (χ0v) is 10.3. The highest BCUT2D eigenvalue weighted by Crippen LogP contribution is 2.09. The van der Waals surface area contributed by atoms with Gasteiger partial charge in [0.25, 0.3) is 0 Å². The maximum Gasteiger partial charge on any atom is 0.303 e. The van der Waals surface area contributed by atoms with Gasteiger partial charge in [-0.1, -0.05) is 6.92 Å². The standard InChI is InChI=1S/C10H19NO3S/c1-8(7-10(13)14)6-9(12)11(2)4-5-15-3/h8H,4-7H2,1-3H3,(H,13,14). The molecule has 0 heterocycles. The van der Waals surface area contributed by atoms with Crippen LogP contribution in [-0.4, -0.2) is 47.5 Å². The number of amides is 1. The van der Waals surface area contributed by atoms with Crippen LogP contribution in [0, 0.1) is 5.92 Å². The number of rotatable bonds is 7. The number of thioether (sulfide) groups is 1. The molecule has 5 heteroatoms. The van der Waals surface area contributed by atoms with Gasteiger partial charge in [0.05, 0.1) is 0 Å². The molecule has 0 aliphatic carbocycles. The van der Waals surface area contributed by atoms with Gasteiger partial charge in [-0.2, -0.15) is 11.8 Å². The minimum absolute atomic E-state index is 0.0257. The Morgan fingerprint density at radius 3 is 2.47 bits per heavy atom. The average Bonchev–Trinajstić information content (AvgIpc) is 2.12. The van der Waals surface area contributed by atoms with Gasteiger partial charge in [-0.15, -0.1) is 0 Å². The van der Waals surface area contributed by atoms with Crippen LogP contribution in [-0.2, 0) is 9.59 Å². The molecule has 0 spiro atoms. The second-order valence-corrected chi connectivity index (χ2v) is 4.70. The highest BCUT2D eigenvalue weighted by Gasteiger charge is 2.15. The molecule has 0 aliphatic heterocycles. The molecule has 1 atom stereocenters. The summed E-state index contributed by atoms with van der Waals surface area (Å²) in [6.07, 6.45) is 2.37. The molecular formula is C10H19NO3S. The summed E-state index contributed by atoms with van der Waals surface area (Å²) in [6, 6.07) is 0. The second-order valence-electron chi connectivity index (χ2n) is 3.72. The molecule has 1 unspecified atom stereocenters. The fourth-order valence-electron chi connectivity index (χ4n) is 1.18. The predicted molar refractivity (Wildman–Crippen MR) is 62.1 cm³/mol. The van der Waals surface area contributed by atoms with Crippen LogP contribution in [0.1, 0.15) is 19.8 Å². The summed E-state index contributed by atoms with van der Waals surface area (Å²) in [5.74, 6) is 0.00169. The topological polar surface area (TPSA) is 57.6 Å². The zero-order chi connectivity index (χ0) is 11.8. The third kappa shape index (κ3) is 7.25. The molecule has 88 valence electrons. The van der Waals surface area contributed by atoms with Crippen molar-refractivity contribution in [3.05, 3.63) is 0 Å². The fraction of sp³-hybridized carbons (Fsp3) is 0.800. The summed E-state index contributed by atoms with van der Waals surface area (Å²) in [4.78, 5) is 23.6. The molecular weight excluding hydrogens is 214 g/mol. The highest BCUT2D eigenvalue weighted by atomic mass is 32.2. The molecule has 0 rings (SSSR count). The molecule has 0 radical (unpaired) electrons. The van der Waals surface area contributed by atoms with Crippen LogP contribution in [0.2, 0.25) is 0 Å². The number of nitrogens with zero attached hydrogens (tertiary/aromatic N) is 1. The van der Waals surface area contributed by atoms with E-state index in [0.717, 1.165) is 12.3 Å². The molecule has 0 saturated heterocycles. The lowest BCUT2D eigenvalue weighted by atomic mass is 10.0. The molecule has 1 amide bonds. The summed E-state index contributed by atoms with van der Waals surface area (Å²) in [5, 5.41) is 8.55. The Kier molecular flexibility index (Phi) is 7.21. The van der Waals surface area contributed by atoms with E-state index in [1.807, 2.05) is 6.26 Å². The third-order valence-corrected chi connectivity index (χ3v) is 2.69. The van der Waals surface area contributed by atoms with Gasteiger partial charge in [-0.3, -0.25) is 9.59 Å². The Balaban J connectivity index is 3.85. The van der Waals surface area contributed by atoms with Crippen molar-refractivity contribution in [2.24, 2.45) is 5.92 Å². The van der Waals surface area contributed by atoms with E-state index >= 15 is 0 Å². The number of carboxylic acid groups (broad SMARTS) is 1. The quantitative estimate of drug-likeness (QED) is 0.720. The van der Waals surface area contributed by atoms with Crippen LogP contribution >= 0.6 is 11.8 Å². The molecule has 15 heavy (non-hydrogen) atoms. The first-order chi connectivity index (χ1) is 6.97. The van der Waals surface area contributed by atoms with Crippen molar-refractivity contribution in [2.45, 2.75) is 19.8 Å². The SMILES string of the molecule is CSCCN(C)C(=O)CC(C)CC(=O)O. The van der Waals surface area contributed by atoms with Crippen LogP contribution in [0.25, 0.3) is 0 Å². The van der Waals surface area contributed by atoms with Crippen molar-refractivity contribution in [1.82, 2.24) is 4.90 Å². The lowest BCUT2D eigenvalue weighted by molar-refractivity contribution is -0.138. The molecule has 0 saturated carbocycles. The molecule has 0 aliphatic rings. The molecule has 4 nitrogen and oxygen atoms in total. The first kappa shape index (κ1) is 14.3. The van der Waals surface area contributed by atoms with Gasteiger partial charge in [-0.25, -0.2) is 0 Å². The van der Waals surface area contributed by atoms with Crippen molar-refractivity contribution < 1.29 is 14.7 Å². The van der Waals surface area contributed by atoms with Crippen molar-refractivity contribution in [3.8, 4) is 0 Å². The summed E-state index contributed by atoms with van der Waals surface area (Å²) in [7, 11) is 1.76. The Bertz CT molecular complexity index is 221. The maximum atomic E-state index is 11.6. The van der Waals surface area contributed by atoms with Crippen LogP contribution in [0.5, 0.6) is 0 Å². The van der Waals surface area contributed by atoms with Crippen LogP contribution in [0.3, 0.4) is 0 Å². The van der Waals surface area contributed by atoms with E-state index in [2.05, 4.69) is 0 Å². The number of carboxylic acids is 1. The summed E-state index contributed by atoms with van der Waals surface area (Å²) < 4.78 is 0. The monoisotopic (exact) mass is 233 g/mol. The van der Waals surface area contributed by atoms with E-state index in [1.54, 1.807) is 30.6 Å². The van der Waals surface area contributed by atoms with Crippen molar-refractivity contribution >= 4 is 23.6 Å². The number of aliphatic carboxylic acids is 1. The Morgan fingerprint density at radius 2 is 2.00 bits per heavy atom. The van der Waals surface area contributed by atoms with Crippen molar-refractivity contribution in [1.29, 1.82) is 0 Å². The van der Waals surface area contributed by atoms with E-state index in [0.29, 0.717) is 6.42 Å². The number of carbonyl (C=O) groups excluding carboxylic acids is 1. The molecule has 0 aromatic carbocycles. The molecule has 0 fully saturated rings. The van der Waals surface area contributed by atoms with E-state index in [9.17, 15) is 9.59 Å².